The second kappa shape index (κ2) is 6.69. The van der Waals surface area contributed by atoms with Crippen LogP contribution < -0.4 is 9.47 Å². The van der Waals surface area contributed by atoms with E-state index in [1.165, 1.54) is 38.9 Å². The molecule has 0 amide bonds. The van der Waals surface area contributed by atoms with Gasteiger partial charge in [0.25, 0.3) is 0 Å². The number of fused-ring (bicyclic) bond motifs is 12. The molecule has 0 saturated carbocycles. The molecule has 8 rings (SSSR count). The average molecular weight is 491 g/mol. The Kier molecular flexibility index (Phi) is 3.74. The molecule has 3 aliphatic rings. The van der Waals surface area contributed by atoms with Gasteiger partial charge in [0, 0.05) is 0 Å². The van der Waals surface area contributed by atoms with Crippen LogP contribution in [0.4, 0.5) is 0 Å². The molecule has 0 aromatic heterocycles. The van der Waals surface area contributed by atoms with Gasteiger partial charge in [-0.05, 0) is 68.8 Å². The first-order chi connectivity index (χ1) is 17.2. The van der Waals surface area contributed by atoms with Gasteiger partial charge >= 0.3 is 0 Å². The molecule has 0 atom stereocenters. The third kappa shape index (κ3) is 2.31. The lowest BCUT2D eigenvalue weighted by molar-refractivity contribution is 0.359. The van der Waals surface area contributed by atoms with Crippen molar-refractivity contribution in [1.82, 2.24) is 0 Å². The second-order valence-corrected chi connectivity index (χ2v) is 9.94. The maximum atomic E-state index is 6.46. The quantitative estimate of drug-likeness (QED) is 0.211. The summed E-state index contributed by atoms with van der Waals surface area (Å²) >= 11 is 12.9. The van der Waals surface area contributed by atoms with Crippen LogP contribution in [0.3, 0.4) is 0 Å². The summed E-state index contributed by atoms with van der Waals surface area (Å²) in [6.45, 7) is 0. The second-order valence-electron chi connectivity index (χ2n) is 9.12. The molecule has 1 spiro atoms. The van der Waals surface area contributed by atoms with Gasteiger partial charge in [0.15, 0.2) is 23.0 Å². The topological polar surface area (TPSA) is 18.5 Å². The maximum absolute atomic E-state index is 6.46. The number of rotatable bonds is 0. The zero-order valence-corrected chi connectivity index (χ0v) is 19.8. The smallest absolute Gasteiger partial charge is 0.190 e. The number of hydrogen-bond donors (Lipinski definition) is 0. The number of hydrogen-bond acceptors (Lipinski definition) is 2. The molecule has 0 bridgehead atoms. The Morgan fingerprint density at radius 2 is 0.886 bits per heavy atom. The third-order valence-corrected chi connectivity index (χ3v) is 8.10. The fourth-order valence-corrected chi connectivity index (χ4v) is 6.56. The summed E-state index contributed by atoms with van der Waals surface area (Å²) < 4.78 is 12.6. The van der Waals surface area contributed by atoms with Gasteiger partial charge in [-0.15, -0.1) is 0 Å². The Labute approximate surface area is 212 Å². The van der Waals surface area contributed by atoms with Crippen LogP contribution in [0.25, 0.3) is 22.3 Å². The van der Waals surface area contributed by atoms with Gasteiger partial charge in [0.2, 0.25) is 0 Å². The minimum absolute atomic E-state index is 0.435. The molecule has 2 aliphatic carbocycles. The van der Waals surface area contributed by atoms with Crippen molar-refractivity contribution in [3.63, 3.8) is 0 Å². The van der Waals surface area contributed by atoms with Gasteiger partial charge in [-0.2, -0.15) is 0 Å². The van der Waals surface area contributed by atoms with Crippen molar-refractivity contribution < 1.29 is 9.47 Å². The molecule has 0 unspecified atom stereocenters. The lowest BCUT2D eigenvalue weighted by Crippen LogP contribution is -2.25. The number of benzene rings is 5. The van der Waals surface area contributed by atoms with Crippen molar-refractivity contribution in [2.45, 2.75) is 5.41 Å². The fourth-order valence-electron chi connectivity index (χ4n) is 6.18. The number of halogens is 2. The van der Waals surface area contributed by atoms with Gasteiger partial charge in [0.1, 0.15) is 0 Å². The van der Waals surface area contributed by atoms with Gasteiger partial charge < -0.3 is 9.47 Å². The molecule has 35 heavy (non-hydrogen) atoms. The van der Waals surface area contributed by atoms with Crippen LogP contribution in [0.1, 0.15) is 22.3 Å². The summed E-state index contributed by atoms with van der Waals surface area (Å²) in [5.74, 6) is 2.16. The molecule has 166 valence electrons. The van der Waals surface area contributed by atoms with Gasteiger partial charge in [0.05, 0.1) is 15.5 Å². The molecule has 0 radical (unpaired) electrons. The average Bonchev–Trinajstić information content (AvgIpc) is 3.36. The van der Waals surface area contributed by atoms with Crippen LogP contribution in [0.2, 0.25) is 10.0 Å². The van der Waals surface area contributed by atoms with Crippen molar-refractivity contribution in [2.24, 2.45) is 0 Å². The minimum Gasteiger partial charge on any atom is -0.448 e. The molecule has 1 heterocycles. The van der Waals surface area contributed by atoms with E-state index in [4.69, 9.17) is 32.7 Å². The summed E-state index contributed by atoms with van der Waals surface area (Å²) in [5.41, 5.74) is 9.44. The van der Waals surface area contributed by atoms with Gasteiger partial charge in [-0.25, -0.2) is 0 Å². The molecule has 5 aromatic rings. The van der Waals surface area contributed by atoms with E-state index in [2.05, 4.69) is 84.9 Å². The summed E-state index contributed by atoms with van der Waals surface area (Å²) in [4.78, 5) is 0. The monoisotopic (exact) mass is 490 g/mol. The van der Waals surface area contributed by atoms with E-state index in [-0.39, 0.29) is 0 Å². The van der Waals surface area contributed by atoms with Crippen molar-refractivity contribution in [3.05, 3.63) is 129 Å². The number of ether oxygens (including phenoxy) is 2. The Morgan fingerprint density at radius 1 is 0.457 bits per heavy atom. The van der Waals surface area contributed by atoms with Crippen molar-refractivity contribution >= 4 is 23.2 Å². The van der Waals surface area contributed by atoms with E-state index in [0.717, 1.165) is 5.56 Å². The highest BCUT2D eigenvalue weighted by molar-refractivity contribution is 6.35. The van der Waals surface area contributed by atoms with E-state index in [0.29, 0.717) is 33.0 Å². The molecular weight excluding hydrogens is 475 g/mol. The van der Waals surface area contributed by atoms with Crippen LogP contribution in [-0.4, -0.2) is 0 Å². The van der Waals surface area contributed by atoms with Crippen LogP contribution >= 0.6 is 23.2 Å². The Morgan fingerprint density at radius 3 is 1.40 bits per heavy atom. The summed E-state index contributed by atoms with van der Waals surface area (Å²) in [6.07, 6.45) is 0. The lowest BCUT2D eigenvalue weighted by atomic mass is 9.70. The Bertz CT molecular complexity index is 1690. The predicted octanol–water partition coefficient (Wildman–Crippen LogP) is 9.23. The normalized spacial score (nSPS) is 14.7. The standard InChI is InChI=1S/C31H16Cl2O2/c32-25-13-14-26(33)30-29(25)34-27-15-20-19-9-3-6-12-23(19)31(24(20)16-28(27)35-30)21-10-4-1-7-17(21)18-8-2-5-11-22(18)31/h1-16H. The van der Waals surface area contributed by atoms with E-state index in [1.54, 1.807) is 12.1 Å². The van der Waals surface area contributed by atoms with Gasteiger partial charge in [-0.1, -0.05) is 96.0 Å². The van der Waals surface area contributed by atoms with Crippen LogP contribution in [0.15, 0.2) is 97.1 Å². The van der Waals surface area contributed by atoms with Crippen molar-refractivity contribution in [3.8, 4) is 45.3 Å². The summed E-state index contributed by atoms with van der Waals surface area (Å²) in [5, 5.41) is 0.927. The van der Waals surface area contributed by atoms with E-state index < -0.39 is 5.41 Å². The van der Waals surface area contributed by atoms with Crippen molar-refractivity contribution in [1.29, 1.82) is 0 Å². The highest BCUT2D eigenvalue weighted by atomic mass is 35.5. The van der Waals surface area contributed by atoms with Crippen LogP contribution in [-0.2, 0) is 5.41 Å². The molecule has 5 aromatic carbocycles. The zero-order valence-electron chi connectivity index (χ0n) is 18.3. The fraction of sp³-hybridized carbons (Fsp3) is 0.0323. The molecule has 2 nitrogen and oxygen atoms in total. The van der Waals surface area contributed by atoms with Crippen LogP contribution in [0, 0.1) is 0 Å². The summed E-state index contributed by atoms with van der Waals surface area (Å²) in [7, 11) is 0. The van der Waals surface area contributed by atoms with E-state index in [1.807, 2.05) is 0 Å². The largest absolute Gasteiger partial charge is 0.448 e. The molecule has 1 aliphatic heterocycles. The molecular formula is C31H16Cl2O2. The third-order valence-electron chi connectivity index (χ3n) is 7.50. The van der Waals surface area contributed by atoms with E-state index in [9.17, 15) is 0 Å². The molecule has 0 N–H and O–H groups in total. The minimum atomic E-state index is -0.435. The lowest BCUT2D eigenvalue weighted by Gasteiger charge is -2.31. The Hall–Kier alpha value is -3.72. The zero-order chi connectivity index (χ0) is 23.3. The molecule has 0 fully saturated rings. The predicted molar refractivity (Wildman–Crippen MR) is 139 cm³/mol. The maximum Gasteiger partial charge on any atom is 0.190 e. The highest BCUT2D eigenvalue weighted by Gasteiger charge is 2.52. The first-order valence-electron chi connectivity index (χ1n) is 11.5. The molecule has 0 saturated heterocycles. The SMILES string of the molecule is Clc1ccc(Cl)c2c1Oc1cc3c(cc1O2)C1(c2ccccc2-c2ccccc21)c1ccccc1-3. The Balaban J connectivity index is 1.47. The van der Waals surface area contributed by atoms with Gasteiger partial charge in [-0.3, -0.25) is 0 Å². The highest BCUT2D eigenvalue weighted by Crippen LogP contribution is 2.65. The van der Waals surface area contributed by atoms with Crippen LogP contribution in [0.5, 0.6) is 23.0 Å². The van der Waals surface area contributed by atoms with E-state index >= 15 is 0 Å². The first-order valence-corrected chi connectivity index (χ1v) is 12.2. The van der Waals surface area contributed by atoms with Crippen molar-refractivity contribution in [2.75, 3.05) is 0 Å². The first kappa shape index (κ1) is 19.6. The summed E-state index contributed by atoms with van der Waals surface area (Å²) in [6, 6.07) is 33.8. The molecule has 4 heteroatoms.